The van der Waals surface area contributed by atoms with Gasteiger partial charge in [-0.1, -0.05) is 0 Å². The molecule has 0 amide bonds. The molecule has 0 atom stereocenters. The molecule has 0 saturated carbocycles. The number of hydrogen-bond donors (Lipinski definition) is 2. The van der Waals surface area contributed by atoms with Crippen LogP contribution in [0.15, 0.2) is 6.07 Å². The van der Waals surface area contributed by atoms with E-state index in [-0.39, 0.29) is 0 Å². The van der Waals surface area contributed by atoms with Gasteiger partial charge in [0.2, 0.25) is 0 Å². The Morgan fingerprint density at radius 1 is 1.21 bits per heavy atom. The first-order valence-corrected chi connectivity index (χ1v) is 8.91. The molecule has 2 fully saturated rings. The van der Waals surface area contributed by atoms with Gasteiger partial charge in [-0.05, 0) is 30.9 Å². The van der Waals surface area contributed by atoms with Crippen molar-refractivity contribution in [2.24, 2.45) is 5.92 Å². The van der Waals surface area contributed by atoms with Crippen molar-refractivity contribution in [1.29, 1.82) is 0 Å². The van der Waals surface area contributed by atoms with Crippen molar-refractivity contribution >= 4 is 5.82 Å². The van der Waals surface area contributed by atoms with Gasteiger partial charge in [0.05, 0.1) is 32.1 Å². The standard InChI is InChI=1S/C17H26N4O3/c22-17(11-23-4-5-24-12-17)10-18-7-13-8-21(9-13)16-6-14-2-1-3-15(14)19-20-16/h6,13,18,22H,1-5,7-12H2. The summed E-state index contributed by atoms with van der Waals surface area (Å²) in [5.74, 6) is 1.59. The molecular weight excluding hydrogens is 308 g/mol. The van der Waals surface area contributed by atoms with Crippen LogP contribution in [0.2, 0.25) is 0 Å². The lowest BCUT2D eigenvalue weighted by atomic mass is 9.99. The molecule has 4 rings (SSSR count). The molecule has 3 aliphatic rings. The lowest BCUT2D eigenvalue weighted by Gasteiger charge is -2.40. The predicted octanol–water partition coefficient (Wildman–Crippen LogP) is -0.231. The molecular formula is C17H26N4O3. The Morgan fingerprint density at radius 2 is 2.00 bits per heavy atom. The van der Waals surface area contributed by atoms with Crippen molar-refractivity contribution in [3.05, 3.63) is 17.3 Å². The Bertz CT molecular complexity index is 569. The number of anilines is 1. The zero-order valence-electron chi connectivity index (χ0n) is 14.0. The molecule has 7 nitrogen and oxygen atoms in total. The number of aromatic nitrogens is 2. The fraction of sp³-hybridized carbons (Fsp3) is 0.765. The van der Waals surface area contributed by atoms with Crippen LogP contribution in [0.25, 0.3) is 0 Å². The Hall–Kier alpha value is -1.28. The summed E-state index contributed by atoms with van der Waals surface area (Å²) in [6.45, 7) is 5.16. The van der Waals surface area contributed by atoms with E-state index < -0.39 is 5.60 Å². The number of hydrogen-bond acceptors (Lipinski definition) is 7. The van der Waals surface area contributed by atoms with E-state index >= 15 is 0 Å². The van der Waals surface area contributed by atoms with E-state index in [1.165, 1.54) is 17.7 Å². The molecule has 0 aromatic carbocycles. The van der Waals surface area contributed by atoms with Gasteiger partial charge in [-0.2, -0.15) is 5.10 Å². The molecule has 1 aromatic rings. The van der Waals surface area contributed by atoms with Gasteiger partial charge < -0.3 is 24.8 Å². The second kappa shape index (κ2) is 6.92. The van der Waals surface area contributed by atoms with Crippen molar-refractivity contribution in [2.45, 2.75) is 24.9 Å². The van der Waals surface area contributed by atoms with E-state index in [9.17, 15) is 5.11 Å². The molecule has 7 heteroatoms. The van der Waals surface area contributed by atoms with Crippen molar-refractivity contribution in [1.82, 2.24) is 15.5 Å². The van der Waals surface area contributed by atoms with Crippen LogP contribution < -0.4 is 10.2 Å². The number of nitrogens with one attached hydrogen (secondary N) is 1. The smallest absolute Gasteiger partial charge is 0.151 e. The quantitative estimate of drug-likeness (QED) is 0.770. The van der Waals surface area contributed by atoms with Gasteiger partial charge in [-0.15, -0.1) is 5.10 Å². The summed E-state index contributed by atoms with van der Waals surface area (Å²) in [5, 5.41) is 22.5. The molecule has 0 spiro atoms. The SMILES string of the molecule is OC1(CNCC2CN(c3cc4c(nn3)CCC4)C2)COCCOC1. The van der Waals surface area contributed by atoms with Crippen molar-refractivity contribution in [3.63, 3.8) is 0 Å². The highest BCUT2D eigenvalue weighted by Gasteiger charge is 2.32. The van der Waals surface area contributed by atoms with E-state index in [1.54, 1.807) is 0 Å². The molecule has 2 aliphatic heterocycles. The maximum atomic E-state index is 10.4. The molecule has 2 N–H and O–H groups in total. The van der Waals surface area contributed by atoms with Crippen LogP contribution in [0.4, 0.5) is 5.82 Å². The van der Waals surface area contributed by atoms with Crippen LogP contribution in [0.3, 0.4) is 0 Å². The highest BCUT2D eigenvalue weighted by molar-refractivity contribution is 5.45. The third-order valence-electron chi connectivity index (χ3n) is 5.09. The number of rotatable bonds is 5. The second-order valence-corrected chi connectivity index (χ2v) is 7.26. The van der Waals surface area contributed by atoms with Crippen molar-refractivity contribution in [2.75, 3.05) is 57.5 Å². The average Bonchev–Trinajstić information content (AvgIpc) is 2.90. The van der Waals surface area contributed by atoms with Crippen LogP contribution >= 0.6 is 0 Å². The van der Waals surface area contributed by atoms with Gasteiger partial charge in [0, 0.05) is 32.1 Å². The fourth-order valence-corrected chi connectivity index (χ4v) is 3.65. The third kappa shape index (κ3) is 3.54. The minimum absolute atomic E-state index is 0.335. The minimum Gasteiger partial charge on any atom is -0.384 e. The first-order valence-electron chi connectivity index (χ1n) is 8.91. The van der Waals surface area contributed by atoms with Crippen molar-refractivity contribution in [3.8, 4) is 0 Å². The Balaban J connectivity index is 1.21. The summed E-state index contributed by atoms with van der Waals surface area (Å²) in [7, 11) is 0. The maximum absolute atomic E-state index is 10.4. The number of aryl methyl sites for hydroxylation is 2. The molecule has 0 bridgehead atoms. The van der Waals surface area contributed by atoms with Gasteiger partial charge in [0.15, 0.2) is 5.82 Å². The van der Waals surface area contributed by atoms with Gasteiger partial charge in [-0.3, -0.25) is 0 Å². The molecule has 2 saturated heterocycles. The summed E-state index contributed by atoms with van der Waals surface area (Å²) in [6.07, 6.45) is 3.42. The van der Waals surface area contributed by atoms with E-state index in [0.29, 0.717) is 38.9 Å². The fourth-order valence-electron chi connectivity index (χ4n) is 3.65. The Morgan fingerprint density at radius 3 is 2.79 bits per heavy atom. The van der Waals surface area contributed by atoms with Crippen LogP contribution in [0.5, 0.6) is 0 Å². The number of nitrogens with zero attached hydrogens (tertiary/aromatic N) is 3. The largest absolute Gasteiger partial charge is 0.384 e. The van der Waals surface area contributed by atoms with Crippen LogP contribution in [-0.2, 0) is 22.3 Å². The van der Waals surface area contributed by atoms with E-state index in [4.69, 9.17) is 9.47 Å². The first kappa shape index (κ1) is 16.2. The molecule has 1 aliphatic carbocycles. The molecule has 0 unspecified atom stereocenters. The van der Waals surface area contributed by atoms with Gasteiger partial charge in [0.1, 0.15) is 5.60 Å². The second-order valence-electron chi connectivity index (χ2n) is 7.26. The lowest BCUT2D eigenvalue weighted by molar-refractivity contribution is -0.0534. The Labute approximate surface area is 142 Å². The lowest BCUT2D eigenvalue weighted by Crippen LogP contribution is -2.54. The van der Waals surface area contributed by atoms with Crippen LogP contribution in [0, 0.1) is 5.92 Å². The van der Waals surface area contributed by atoms with Gasteiger partial charge in [-0.25, -0.2) is 0 Å². The summed E-state index contributed by atoms with van der Waals surface area (Å²) in [5.41, 5.74) is 1.64. The number of aliphatic hydroxyl groups is 1. The van der Waals surface area contributed by atoms with Gasteiger partial charge >= 0.3 is 0 Å². The van der Waals surface area contributed by atoms with Crippen LogP contribution in [-0.4, -0.2) is 73.5 Å². The Kier molecular flexibility index (Phi) is 4.67. The highest BCUT2D eigenvalue weighted by atomic mass is 16.6. The van der Waals surface area contributed by atoms with E-state index in [0.717, 1.165) is 38.3 Å². The molecule has 24 heavy (non-hydrogen) atoms. The van der Waals surface area contributed by atoms with E-state index in [2.05, 4.69) is 26.5 Å². The summed E-state index contributed by atoms with van der Waals surface area (Å²) in [6, 6.07) is 2.21. The highest BCUT2D eigenvalue weighted by Crippen LogP contribution is 2.26. The summed E-state index contributed by atoms with van der Waals surface area (Å²) < 4.78 is 10.8. The summed E-state index contributed by atoms with van der Waals surface area (Å²) >= 11 is 0. The molecule has 0 radical (unpaired) electrons. The topological polar surface area (TPSA) is 79.7 Å². The monoisotopic (exact) mass is 334 g/mol. The van der Waals surface area contributed by atoms with Gasteiger partial charge in [0.25, 0.3) is 0 Å². The first-order chi connectivity index (χ1) is 11.7. The predicted molar refractivity (Wildman–Crippen MR) is 89.2 cm³/mol. The third-order valence-corrected chi connectivity index (χ3v) is 5.09. The van der Waals surface area contributed by atoms with E-state index in [1.807, 2.05) is 0 Å². The molecule has 132 valence electrons. The summed E-state index contributed by atoms with van der Waals surface area (Å²) in [4.78, 5) is 2.28. The zero-order valence-corrected chi connectivity index (χ0v) is 14.0. The zero-order chi connectivity index (χ0) is 16.4. The molecule has 3 heterocycles. The number of fused-ring (bicyclic) bond motifs is 1. The minimum atomic E-state index is -0.911. The van der Waals surface area contributed by atoms with Crippen molar-refractivity contribution < 1.29 is 14.6 Å². The average molecular weight is 334 g/mol. The molecule has 1 aromatic heterocycles. The normalized spacial score (nSPS) is 23.6. The number of ether oxygens (including phenoxy) is 2. The van der Waals surface area contributed by atoms with Crippen LogP contribution in [0.1, 0.15) is 17.7 Å². The maximum Gasteiger partial charge on any atom is 0.151 e.